The molecule has 0 bridgehead atoms. The average Bonchev–Trinajstić information content (AvgIpc) is 2.69. The molecule has 1 aliphatic rings. The topological polar surface area (TPSA) is 110 Å². The first kappa shape index (κ1) is 29.6. The molecule has 7 nitrogen and oxygen atoms in total. The molecule has 0 heterocycles. The lowest BCUT2D eigenvalue weighted by Gasteiger charge is -2.32. The van der Waals surface area contributed by atoms with Crippen molar-refractivity contribution in [2.75, 3.05) is 12.4 Å². The summed E-state index contributed by atoms with van der Waals surface area (Å²) in [5.41, 5.74) is 4.66. The second kappa shape index (κ2) is 13.4. The van der Waals surface area contributed by atoms with Gasteiger partial charge in [-0.2, -0.15) is 8.42 Å². The minimum atomic E-state index is -4.48. The van der Waals surface area contributed by atoms with Crippen LogP contribution in [0.1, 0.15) is 67.2 Å². The van der Waals surface area contributed by atoms with Gasteiger partial charge in [0.15, 0.2) is 0 Å². The number of amides is 1. The minimum Gasteiger partial charge on any atom is -0.464 e. The highest BCUT2D eigenvalue weighted by atomic mass is 32.2. The SMILES string of the molecule is CCCOC(=O)C(CS(=O)(=O)O)NC(=O)/C=C(C)/C=C/C=C(C)/C=C/C1=C(C)CCCC1(C)C. The summed E-state index contributed by atoms with van der Waals surface area (Å²) >= 11 is 0. The lowest BCUT2D eigenvalue weighted by molar-refractivity contribution is -0.146. The highest BCUT2D eigenvalue weighted by molar-refractivity contribution is 7.85. The van der Waals surface area contributed by atoms with Gasteiger partial charge in [-0.1, -0.05) is 62.3 Å². The number of hydrogen-bond donors (Lipinski definition) is 2. The molecule has 0 aromatic heterocycles. The first-order valence-electron chi connectivity index (χ1n) is 11.6. The van der Waals surface area contributed by atoms with Crippen molar-refractivity contribution in [1.82, 2.24) is 5.32 Å². The Kier molecular flexibility index (Phi) is 11.7. The molecule has 8 heteroatoms. The van der Waals surface area contributed by atoms with Gasteiger partial charge in [-0.25, -0.2) is 4.79 Å². The third-order valence-corrected chi connectivity index (χ3v) is 6.31. The number of esters is 1. The van der Waals surface area contributed by atoms with E-state index < -0.39 is 33.8 Å². The Hall–Kier alpha value is -2.45. The van der Waals surface area contributed by atoms with Gasteiger partial charge >= 0.3 is 5.97 Å². The summed E-state index contributed by atoms with van der Waals surface area (Å²) in [6.07, 6.45) is 15.1. The summed E-state index contributed by atoms with van der Waals surface area (Å²) in [6.45, 7) is 12.3. The molecule has 190 valence electrons. The smallest absolute Gasteiger partial charge is 0.329 e. The molecule has 0 fully saturated rings. The highest BCUT2D eigenvalue weighted by Gasteiger charge is 2.27. The summed E-state index contributed by atoms with van der Waals surface area (Å²) in [6, 6.07) is -1.49. The van der Waals surface area contributed by atoms with Crippen LogP contribution in [0.15, 0.2) is 58.7 Å². The van der Waals surface area contributed by atoms with Gasteiger partial charge in [0.2, 0.25) is 5.91 Å². The number of allylic oxidation sites excluding steroid dienone is 9. The van der Waals surface area contributed by atoms with E-state index in [0.717, 1.165) is 12.0 Å². The van der Waals surface area contributed by atoms with Crippen LogP contribution in [0.4, 0.5) is 0 Å². The van der Waals surface area contributed by atoms with Crippen LogP contribution in [-0.4, -0.2) is 43.2 Å². The van der Waals surface area contributed by atoms with Gasteiger partial charge in [-0.15, -0.1) is 0 Å². The first-order valence-corrected chi connectivity index (χ1v) is 13.2. The van der Waals surface area contributed by atoms with Gasteiger partial charge in [-0.05, 0) is 63.0 Å². The van der Waals surface area contributed by atoms with Crippen LogP contribution in [0.25, 0.3) is 0 Å². The number of carbonyl (C=O) groups excluding carboxylic acids is 2. The average molecular weight is 494 g/mol. The molecule has 0 saturated carbocycles. The Morgan fingerprint density at radius 1 is 1.21 bits per heavy atom. The van der Waals surface area contributed by atoms with Crippen LogP contribution >= 0.6 is 0 Å². The van der Waals surface area contributed by atoms with Gasteiger partial charge in [0.05, 0.1) is 6.61 Å². The van der Waals surface area contributed by atoms with E-state index in [1.165, 1.54) is 30.1 Å². The quantitative estimate of drug-likeness (QED) is 0.184. The Morgan fingerprint density at radius 2 is 1.88 bits per heavy atom. The van der Waals surface area contributed by atoms with Gasteiger partial charge in [0, 0.05) is 6.08 Å². The molecule has 0 saturated heterocycles. The lowest BCUT2D eigenvalue weighted by atomic mass is 9.72. The molecular formula is C26H39NO6S. The zero-order valence-corrected chi connectivity index (χ0v) is 22.0. The summed E-state index contributed by atoms with van der Waals surface area (Å²) in [7, 11) is -4.48. The number of hydrogen-bond acceptors (Lipinski definition) is 5. The maximum atomic E-state index is 12.3. The van der Waals surface area contributed by atoms with Gasteiger partial charge < -0.3 is 10.1 Å². The second-order valence-electron chi connectivity index (χ2n) is 9.40. The van der Waals surface area contributed by atoms with Crippen molar-refractivity contribution < 1.29 is 27.3 Å². The molecule has 0 spiro atoms. The van der Waals surface area contributed by atoms with Gasteiger partial charge in [0.25, 0.3) is 10.1 Å². The van der Waals surface area contributed by atoms with Crippen molar-refractivity contribution in [3.8, 4) is 0 Å². The predicted molar refractivity (Wildman–Crippen MR) is 136 cm³/mol. The fourth-order valence-electron chi connectivity index (χ4n) is 3.78. The maximum Gasteiger partial charge on any atom is 0.329 e. The van der Waals surface area contributed by atoms with Crippen LogP contribution in [0.2, 0.25) is 0 Å². The number of ether oxygens (including phenoxy) is 1. The number of carbonyl (C=O) groups is 2. The first-order chi connectivity index (χ1) is 15.7. The Morgan fingerprint density at radius 3 is 2.47 bits per heavy atom. The Labute approximate surface area is 204 Å². The molecule has 1 atom stereocenters. The molecule has 1 aliphatic carbocycles. The molecule has 34 heavy (non-hydrogen) atoms. The summed E-state index contributed by atoms with van der Waals surface area (Å²) < 4.78 is 36.4. The number of nitrogens with one attached hydrogen (secondary N) is 1. The summed E-state index contributed by atoms with van der Waals surface area (Å²) in [5, 5.41) is 2.29. The molecule has 1 unspecified atom stereocenters. The van der Waals surface area contributed by atoms with Crippen molar-refractivity contribution in [2.24, 2.45) is 5.41 Å². The molecule has 2 N–H and O–H groups in total. The van der Waals surface area contributed by atoms with E-state index in [2.05, 4.69) is 38.2 Å². The number of rotatable bonds is 11. The van der Waals surface area contributed by atoms with Crippen molar-refractivity contribution in [3.63, 3.8) is 0 Å². The highest BCUT2D eigenvalue weighted by Crippen LogP contribution is 2.40. The van der Waals surface area contributed by atoms with E-state index in [-0.39, 0.29) is 12.0 Å². The molecule has 0 aromatic carbocycles. The van der Waals surface area contributed by atoms with E-state index >= 15 is 0 Å². The Bertz CT molecular complexity index is 996. The van der Waals surface area contributed by atoms with Gasteiger partial charge in [0.1, 0.15) is 11.8 Å². The molecular weight excluding hydrogens is 454 g/mol. The second-order valence-corrected chi connectivity index (χ2v) is 10.9. The molecule has 0 aliphatic heterocycles. The summed E-state index contributed by atoms with van der Waals surface area (Å²) in [4.78, 5) is 24.3. The predicted octanol–water partition coefficient (Wildman–Crippen LogP) is 4.84. The van der Waals surface area contributed by atoms with Crippen LogP contribution in [0.5, 0.6) is 0 Å². The minimum absolute atomic E-state index is 0.0861. The monoisotopic (exact) mass is 493 g/mol. The lowest BCUT2D eigenvalue weighted by Crippen LogP contribution is -2.45. The Balaban J connectivity index is 2.81. The third kappa shape index (κ3) is 11.1. The van der Waals surface area contributed by atoms with Crippen molar-refractivity contribution in [2.45, 2.75) is 73.3 Å². The summed E-state index contributed by atoms with van der Waals surface area (Å²) in [5.74, 6) is -2.52. The molecule has 0 radical (unpaired) electrons. The van der Waals surface area contributed by atoms with Crippen LogP contribution in [-0.2, 0) is 24.4 Å². The molecule has 1 amide bonds. The van der Waals surface area contributed by atoms with Crippen LogP contribution in [0, 0.1) is 5.41 Å². The van der Waals surface area contributed by atoms with Crippen molar-refractivity contribution in [3.05, 3.63) is 58.7 Å². The zero-order valence-electron chi connectivity index (χ0n) is 21.2. The van der Waals surface area contributed by atoms with Crippen LogP contribution in [0.3, 0.4) is 0 Å². The fourth-order valence-corrected chi connectivity index (χ4v) is 4.42. The van der Waals surface area contributed by atoms with Gasteiger partial charge in [-0.3, -0.25) is 9.35 Å². The van der Waals surface area contributed by atoms with E-state index in [0.29, 0.717) is 12.0 Å². The van der Waals surface area contributed by atoms with E-state index in [1.807, 2.05) is 19.1 Å². The van der Waals surface area contributed by atoms with E-state index in [1.54, 1.807) is 19.9 Å². The third-order valence-electron chi connectivity index (χ3n) is 5.56. The normalized spacial score (nSPS) is 18.4. The zero-order chi connectivity index (χ0) is 25.9. The fraction of sp³-hybridized carbons (Fsp3) is 0.538. The molecule has 1 rings (SSSR count). The van der Waals surface area contributed by atoms with E-state index in [4.69, 9.17) is 9.29 Å². The standard InChI is InChI=1S/C26H39NO6S/c1-7-16-33-25(29)23(18-34(30,31)32)27-24(28)17-20(3)11-8-10-19(2)13-14-22-21(4)12-9-15-26(22,5)6/h8,10-11,13-14,17,23H,7,9,12,15-16,18H2,1-6H3,(H,27,28)(H,30,31,32)/b11-8+,14-13+,19-10+,20-17+. The largest absolute Gasteiger partial charge is 0.464 e. The van der Waals surface area contributed by atoms with Crippen molar-refractivity contribution >= 4 is 22.0 Å². The van der Waals surface area contributed by atoms with Crippen molar-refractivity contribution in [1.29, 1.82) is 0 Å². The molecule has 0 aromatic rings. The van der Waals surface area contributed by atoms with Crippen LogP contribution < -0.4 is 5.32 Å². The van der Waals surface area contributed by atoms with E-state index in [9.17, 15) is 18.0 Å². The maximum absolute atomic E-state index is 12.3.